The van der Waals surface area contributed by atoms with E-state index in [1.54, 1.807) is 4.90 Å². The number of rotatable bonds is 4. The average molecular weight is 379 g/mol. The fourth-order valence-corrected chi connectivity index (χ4v) is 3.45. The number of H-pyrrole nitrogens is 1. The van der Waals surface area contributed by atoms with E-state index >= 15 is 0 Å². The molecule has 0 spiro atoms. The Hall–Kier alpha value is -3.42. The van der Waals surface area contributed by atoms with Crippen LogP contribution in [-0.2, 0) is 37.8 Å². The van der Waals surface area contributed by atoms with E-state index in [1.807, 2.05) is 28.9 Å². The fourth-order valence-electron chi connectivity index (χ4n) is 3.45. The van der Waals surface area contributed by atoms with Gasteiger partial charge in [-0.2, -0.15) is 5.10 Å². The molecule has 0 unspecified atom stereocenters. The number of benzene rings is 1. The van der Waals surface area contributed by atoms with E-state index in [9.17, 15) is 14.4 Å². The molecule has 1 aliphatic heterocycles. The molecule has 0 aliphatic carbocycles. The first kappa shape index (κ1) is 18.0. The van der Waals surface area contributed by atoms with Crippen molar-refractivity contribution in [2.45, 2.75) is 25.9 Å². The molecule has 3 heterocycles. The second-order valence-corrected chi connectivity index (χ2v) is 6.99. The summed E-state index contributed by atoms with van der Waals surface area (Å²) < 4.78 is 2.92. The van der Waals surface area contributed by atoms with Gasteiger partial charge in [0.2, 0.25) is 5.91 Å². The minimum atomic E-state index is -0.492. The monoisotopic (exact) mass is 379 g/mol. The molecule has 8 heteroatoms. The van der Waals surface area contributed by atoms with E-state index in [2.05, 4.69) is 22.2 Å². The molecule has 0 saturated heterocycles. The van der Waals surface area contributed by atoms with Crippen LogP contribution in [0.1, 0.15) is 22.5 Å². The number of nitrogens with one attached hydrogen (secondary N) is 1. The van der Waals surface area contributed by atoms with Gasteiger partial charge in [-0.1, -0.05) is 30.3 Å². The third kappa shape index (κ3) is 3.53. The predicted octanol–water partition coefficient (Wildman–Crippen LogP) is 0.446. The minimum Gasteiger partial charge on any atom is -0.335 e. The summed E-state index contributed by atoms with van der Waals surface area (Å²) in [5.41, 5.74) is 2.51. The number of hydrogen-bond acceptors (Lipinski definition) is 4. The van der Waals surface area contributed by atoms with Crippen LogP contribution in [0.5, 0.6) is 0 Å². The highest BCUT2D eigenvalue weighted by Crippen LogP contribution is 2.17. The summed E-state index contributed by atoms with van der Waals surface area (Å²) in [6, 6.07) is 12.2. The van der Waals surface area contributed by atoms with Crippen molar-refractivity contribution >= 4 is 5.91 Å². The SMILES string of the molecule is Cn1c(=O)[nH]cc(CC(=O)N2CCn3nc(Cc4ccccc4)cc3C2)c1=O. The van der Waals surface area contributed by atoms with E-state index in [1.165, 1.54) is 18.8 Å². The van der Waals surface area contributed by atoms with Crippen molar-refractivity contribution in [1.29, 1.82) is 0 Å². The lowest BCUT2D eigenvalue weighted by Crippen LogP contribution is -2.41. The second kappa shape index (κ2) is 7.30. The zero-order chi connectivity index (χ0) is 19.7. The van der Waals surface area contributed by atoms with Crippen LogP contribution in [0.3, 0.4) is 0 Å². The van der Waals surface area contributed by atoms with E-state index < -0.39 is 11.2 Å². The average Bonchev–Trinajstić information content (AvgIpc) is 3.10. The van der Waals surface area contributed by atoms with Crippen LogP contribution < -0.4 is 11.2 Å². The number of nitrogens with zero attached hydrogens (tertiary/aromatic N) is 4. The van der Waals surface area contributed by atoms with Crippen molar-refractivity contribution in [1.82, 2.24) is 24.2 Å². The predicted molar refractivity (Wildman–Crippen MR) is 103 cm³/mol. The van der Waals surface area contributed by atoms with Gasteiger partial charge in [-0.3, -0.25) is 18.8 Å². The van der Waals surface area contributed by atoms with Gasteiger partial charge in [-0.25, -0.2) is 4.79 Å². The zero-order valence-corrected chi connectivity index (χ0v) is 15.6. The molecule has 8 nitrogen and oxygen atoms in total. The number of fused-ring (bicyclic) bond motifs is 1. The summed E-state index contributed by atoms with van der Waals surface area (Å²) in [5, 5.41) is 4.64. The smallest absolute Gasteiger partial charge is 0.328 e. The second-order valence-electron chi connectivity index (χ2n) is 6.99. The number of aromatic amines is 1. The number of carbonyl (C=O) groups excluding carboxylic acids is 1. The van der Waals surface area contributed by atoms with E-state index in [4.69, 9.17) is 0 Å². The molecular weight excluding hydrogens is 358 g/mol. The van der Waals surface area contributed by atoms with E-state index in [-0.39, 0.29) is 17.9 Å². The quantitative estimate of drug-likeness (QED) is 0.712. The number of hydrogen-bond donors (Lipinski definition) is 1. The van der Waals surface area contributed by atoms with Gasteiger partial charge in [-0.05, 0) is 11.6 Å². The van der Waals surface area contributed by atoms with Crippen LogP contribution in [0.2, 0.25) is 0 Å². The molecule has 1 amide bonds. The van der Waals surface area contributed by atoms with Crippen LogP contribution in [-0.4, -0.2) is 36.7 Å². The van der Waals surface area contributed by atoms with Crippen LogP contribution in [0, 0.1) is 0 Å². The lowest BCUT2D eigenvalue weighted by Gasteiger charge is -2.27. The van der Waals surface area contributed by atoms with Gasteiger partial charge < -0.3 is 9.88 Å². The molecule has 144 valence electrons. The Bertz CT molecular complexity index is 1130. The van der Waals surface area contributed by atoms with Crippen molar-refractivity contribution in [3.05, 3.63) is 85.9 Å². The third-order valence-corrected chi connectivity index (χ3v) is 5.02. The maximum absolute atomic E-state index is 12.7. The summed E-state index contributed by atoms with van der Waals surface area (Å²) >= 11 is 0. The summed E-state index contributed by atoms with van der Waals surface area (Å²) in [6.45, 7) is 1.63. The molecule has 1 N–H and O–H groups in total. The maximum Gasteiger partial charge on any atom is 0.328 e. The van der Waals surface area contributed by atoms with Gasteiger partial charge in [0.1, 0.15) is 0 Å². The molecular formula is C20H21N5O3. The largest absolute Gasteiger partial charge is 0.335 e. The van der Waals surface area contributed by atoms with Gasteiger partial charge in [0.15, 0.2) is 0 Å². The Morgan fingerprint density at radius 3 is 2.75 bits per heavy atom. The Kier molecular flexibility index (Phi) is 4.68. The molecule has 4 rings (SSSR count). The van der Waals surface area contributed by atoms with Gasteiger partial charge in [0, 0.05) is 31.8 Å². The number of aromatic nitrogens is 4. The van der Waals surface area contributed by atoms with Crippen LogP contribution >= 0.6 is 0 Å². The molecule has 28 heavy (non-hydrogen) atoms. The Morgan fingerprint density at radius 2 is 1.96 bits per heavy atom. The Labute approximate surface area is 161 Å². The Balaban J connectivity index is 1.46. The third-order valence-electron chi connectivity index (χ3n) is 5.02. The fraction of sp³-hybridized carbons (Fsp3) is 0.300. The highest BCUT2D eigenvalue weighted by molar-refractivity contribution is 5.78. The molecule has 2 aromatic heterocycles. The lowest BCUT2D eigenvalue weighted by molar-refractivity contribution is -0.132. The van der Waals surface area contributed by atoms with Crippen molar-refractivity contribution in [3.63, 3.8) is 0 Å². The maximum atomic E-state index is 12.7. The normalized spacial score (nSPS) is 13.4. The topological polar surface area (TPSA) is 93.0 Å². The molecule has 0 fully saturated rings. The lowest BCUT2D eigenvalue weighted by atomic mass is 10.1. The van der Waals surface area contributed by atoms with Gasteiger partial charge >= 0.3 is 5.69 Å². The highest BCUT2D eigenvalue weighted by Gasteiger charge is 2.23. The number of amides is 1. The zero-order valence-electron chi connectivity index (χ0n) is 15.6. The first-order valence-corrected chi connectivity index (χ1v) is 9.16. The molecule has 3 aromatic rings. The minimum absolute atomic E-state index is 0.0333. The van der Waals surface area contributed by atoms with Crippen molar-refractivity contribution < 1.29 is 4.79 Å². The molecule has 1 aromatic carbocycles. The van der Waals surface area contributed by atoms with Crippen molar-refractivity contribution in [2.24, 2.45) is 7.05 Å². The van der Waals surface area contributed by atoms with Crippen molar-refractivity contribution in [3.8, 4) is 0 Å². The molecule has 1 aliphatic rings. The Morgan fingerprint density at radius 1 is 1.18 bits per heavy atom. The van der Waals surface area contributed by atoms with E-state index in [0.717, 1.165) is 22.4 Å². The van der Waals surface area contributed by atoms with Crippen LogP contribution in [0.15, 0.2) is 52.2 Å². The first-order valence-electron chi connectivity index (χ1n) is 9.16. The molecule has 0 bridgehead atoms. The summed E-state index contributed by atoms with van der Waals surface area (Å²) in [6.07, 6.45) is 2.05. The highest BCUT2D eigenvalue weighted by atomic mass is 16.2. The summed E-state index contributed by atoms with van der Waals surface area (Å²) in [4.78, 5) is 40.5. The first-order chi connectivity index (χ1) is 13.5. The molecule has 0 atom stereocenters. The molecule has 0 saturated carbocycles. The standard InChI is InChI=1S/C20H21N5O3/c1-23-19(27)15(12-21-20(23)28)10-18(26)24-7-8-25-17(13-24)11-16(22-25)9-14-5-3-2-4-6-14/h2-6,11-12H,7-10,13H2,1H3,(H,21,28). The summed E-state index contributed by atoms with van der Waals surface area (Å²) in [5.74, 6) is -0.138. The van der Waals surface area contributed by atoms with Crippen LogP contribution in [0.25, 0.3) is 0 Å². The summed E-state index contributed by atoms with van der Waals surface area (Å²) in [7, 11) is 1.39. The van der Waals surface area contributed by atoms with E-state index in [0.29, 0.717) is 19.6 Å². The van der Waals surface area contributed by atoms with Gasteiger partial charge in [-0.15, -0.1) is 0 Å². The van der Waals surface area contributed by atoms with Crippen LogP contribution in [0.4, 0.5) is 0 Å². The van der Waals surface area contributed by atoms with Gasteiger partial charge in [0.25, 0.3) is 5.56 Å². The number of carbonyl (C=O) groups is 1. The molecule has 0 radical (unpaired) electrons. The van der Waals surface area contributed by atoms with Crippen molar-refractivity contribution in [2.75, 3.05) is 6.54 Å². The van der Waals surface area contributed by atoms with Gasteiger partial charge in [0.05, 0.1) is 30.9 Å².